The van der Waals surface area contributed by atoms with Crippen molar-refractivity contribution in [3.05, 3.63) is 24.3 Å². The third-order valence-electron chi connectivity index (χ3n) is 2.06. The first-order valence-electron chi connectivity index (χ1n) is 5.62. The fourth-order valence-corrected chi connectivity index (χ4v) is 1.35. The van der Waals surface area contributed by atoms with Crippen LogP contribution < -0.4 is 15.8 Å². The lowest BCUT2D eigenvalue weighted by Gasteiger charge is -2.14. The maximum atomic E-state index is 12.1. The van der Waals surface area contributed by atoms with Gasteiger partial charge in [0.15, 0.2) is 6.61 Å². The van der Waals surface area contributed by atoms with Gasteiger partial charge in [0, 0.05) is 12.5 Å². The van der Waals surface area contributed by atoms with Crippen LogP contribution in [-0.4, -0.2) is 24.7 Å². The van der Waals surface area contributed by atoms with Crippen LogP contribution in [0.5, 0.6) is 5.75 Å². The van der Waals surface area contributed by atoms with Crippen molar-refractivity contribution in [2.45, 2.75) is 25.6 Å². The molecule has 0 fully saturated rings. The van der Waals surface area contributed by atoms with E-state index >= 15 is 0 Å². The Hall–Kier alpha value is -1.76. The van der Waals surface area contributed by atoms with Crippen LogP contribution in [0.25, 0.3) is 0 Å². The first-order chi connectivity index (χ1) is 8.78. The van der Waals surface area contributed by atoms with E-state index in [1.807, 2.05) is 0 Å². The molecule has 0 bridgehead atoms. The predicted molar refractivity (Wildman–Crippen MR) is 64.9 cm³/mol. The summed E-state index contributed by atoms with van der Waals surface area (Å²) < 4.78 is 40.9. The van der Waals surface area contributed by atoms with Gasteiger partial charge in [0.2, 0.25) is 5.91 Å². The standard InChI is InChI=1S/C12H15F3N2O2/c1-8(16)6-11(18)17-9-4-2-3-5-10(9)19-7-12(13,14)15/h2-5,8H,6-7,16H2,1H3,(H,17,18). The molecule has 4 nitrogen and oxygen atoms in total. The molecule has 1 atom stereocenters. The first-order valence-corrected chi connectivity index (χ1v) is 5.62. The molecular formula is C12H15F3N2O2. The van der Waals surface area contributed by atoms with Gasteiger partial charge in [0.1, 0.15) is 5.75 Å². The minimum atomic E-state index is -4.43. The number of carbonyl (C=O) groups is 1. The lowest BCUT2D eigenvalue weighted by atomic mass is 10.2. The van der Waals surface area contributed by atoms with Crippen molar-refractivity contribution < 1.29 is 22.7 Å². The Morgan fingerprint density at radius 3 is 2.63 bits per heavy atom. The second-order valence-corrected chi connectivity index (χ2v) is 4.13. The summed E-state index contributed by atoms with van der Waals surface area (Å²) in [5.41, 5.74) is 5.65. The molecular weight excluding hydrogens is 261 g/mol. The van der Waals surface area contributed by atoms with Crippen LogP contribution in [0, 0.1) is 0 Å². The van der Waals surface area contributed by atoms with E-state index in [2.05, 4.69) is 10.1 Å². The van der Waals surface area contributed by atoms with Gasteiger partial charge in [-0.05, 0) is 19.1 Å². The molecule has 19 heavy (non-hydrogen) atoms. The zero-order chi connectivity index (χ0) is 14.5. The minimum absolute atomic E-state index is 0.0298. The number of hydrogen-bond acceptors (Lipinski definition) is 3. The highest BCUT2D eigenvalue weighted by Crippen LogP contribution is 2.26. The molecule has 0 saturated heterocycles. The number of nitrogens with one attached hydrogen (secondary N) is 1. The molecule has 7 heteroatoms. The summed E-state index contributed by atoms with van der Waals surface area (Å²) in [5.74, 6) is -0.407. The van der Waals surface area contributed by atoms with Gasteiger partial charge < -0.3 is 15.8 Å². The summed E-state index contributed by atoms with van der Waals surface area (Å²) in [4.78, 5) is 11.5. The molecule has 0 saturated carbocycles. The van der Waals surface area contributed by atoms with E-state index in [0.717, 1.165) is 0 Å². The summed E-state index contributed by atoms with van der Waals surface area (Å²) in [6.45, 7) is 0.249. The monoisotopic (exact) mass is 276 g/mol. The Balaban J connectivity index is 2.70. The van der Waals surface area contributed by atoms with Gasteiger partial charge in [-0.1, -0.05) is 12.1 Å². The molecule has 1 amide bonds. The topological polar surface area (TPSA) is 64.4 Å². The fourth-order valence-electron chi connectivity index (χ4n) is 1.35. The van der Waals surface area contributed by atoms with Gasteiger partial charge in [0.25, 0.3) is 0 Å². The molecule has 0 aromatic heterocycles. The van der Waals surface area contributed by atoms with Crippen LogP contribution in [0.1, 0.15) is 13.3 Å². The molecule has 0 radical (unpaired) electrons. The van der Waals surface area contributed by atoms with Crippen LogP contribution in [0.2, 0.25) is 0 Å². The third-order valence-corrected chi connectivity index (χ3v) is 2.06. The molecule has 1 aromatic carbocycles. The lowest BCUT2D eigenvalue weighted by Crippen LogP contribution is -2.24. The number of alkyl halides is 3. The quantitative estimate of drug-likeness (QED) is 0.867. The normalized spacial score (nSPS) is 12.9. The van der Waals surface area contributed by atoms with Crippen LogP contribution in [0.3, 0.4) is 0 Å². The Bertz CT molecular complexity index is 433. The molecule has 0 spiro atoms. The van der Waals surface area contributed by atoms with Gasteiger partial charge in [-0.2, -0.15) is 13.2 Å². The Morgan fingerprint density at radius 2 is 2.05 bits per heavy atom. The average molecular weight is 276 g/mol. The highest BCUT2D eigenvalue weighted by molar-refractivity contribution is 5.92. The summed E-state index contributed by atoms with van der Waals surface area (Å²) in [6, 6.07) is 5.59. The highest BCUT2D eigenvalue weighted by atomic mass is 19.4. The summed E-state index contributed by atoms with van der Waals surface area (Å²) in [6.07, 6.45) is -4.35. The molecule has 106 valence electrons. The second-order valence-electron chi connectivity index (χ2n) is 4.13. The van der Waals surface area contributed by atoms with Gasteiger partial charge >= 0.3 is 6.18 Å². The fraction of sp³-hybridized carbons (Fsp3) is 0.417. The maximum Gasteiger partial charge on any atom is 0.422 e. The number of ether oxygens (including phenoxy) is 1. The number of nitrogens with two attached hydrogens (primary N) is 1. The summed E-state index contributed by atoms with van der Waals surface area (Å²) in [7, 11) is 0. The van der Waals surface area contributed by atoms with E-state index in [1.54, 1.807) is 13.0 Å². The molecule has 3 N–H and O–H groups in total. The number of amides is 1. The van der Waals surface area contributed by atoms with E-state index in [4.69, 9.17) is 5.73 Å². The number of para-hydroxylation sites is 2. The average Bonchev–Trinajstić information content (AvgIpc) is 2.25. The van der Waals surface area contributed by atoms with E-state index in [9.17, 15) is 18.0 Å². The molecule has 1 aromatic rings. The van der Waals surface area contributed by atoms with Gasteiger partial charge in [0.05, 0.1) is 5.69 Å². The SMILES string of the molecule is CC(N)CC(=O)Nc1ccccc1OCC(F)(F)F. The summed E-state index contributed by atoms with van der Waals surface area (Å²) >= 11 is 0. The third kappa shape index (κ3) is 6.10. The Labute approximate surface area is 108 Å². The van der Waals surface area contributed by atoms with E-state index in [1.165, 1.54) is 18.2 Å². The van der Waals surface area contributed by atoms with E-state index < -0.39 is 12.8 Å². The number of rotatable bonds is 5. The number of anilines is 1. The molecule has 0 aliphatic rings. The van der Waals surface area contributed by atoms with Crippen molar-refractivity contribution in [2.75, 3.05) is 11.9 Å². The maximum absolute atomic E-state index is 12.1. The highest BCUT2D eigenvalue weighted by Gasteiger charge is 2.28. The van der Waals surface area contributed by atoms with Crippen molar-refractivity contribution in [1.82, 2.24) is 0 Å². The molecule has 0 aliphatic heterocycles. The zero-order valence-corrected chi connectivity index (χ0v) is 10.3. The summed E-state index contributed by atoms with van der Waals surface area (Å²) in [5, 5.41) is 2.47. The van der Waals surface area contributed by atoms with Crippen LogP contribution in [0.4, 0.5) is 18.9 Å². The van der Waals surface area contributed by atoms with Crippen molar-refractivity contribution in [1.29, 1.82) is 0 Å². The van der Waals surface area contributed by atoms with Crippen molar-refractivity contribution in [2.24, 2.45) is 5.73 Å². The molecule has 0 heterocycles. The smallest absolute Gasteiger partial charge is 0.422 e. The van der Waals surface area contributed by atoms with Gasteiger partial charge in [-0.15, -0.1) is 0 Å². The number of hydrogen-bond donors (Lipinski definition) is 2. The largest absolute Gasteiger partial charge is 0.482 e. The predicted octanol–water partition coefficient (Wildman–Crippen LogP) is 2.30. The number of benzene rings is 1. The Kier molecular flexibility index (Phi) is 5.17. The molecule has 0 aliphatic carbocycles. The van der Waals surface area contributed by atoms with Gasteiger partial charge in [-0.25, -0.2) is 0 Å². The minimum Gasteiger partial charge on any atom is -0.482 e. The van der Waals surface area contributed by atoms with Crippen LogP contribution >= 0.6 is 0 Å². The molecule has 1 rings (SSSR count). The first kappa shape index (κ1) is 15.3. The van der Waals surface area contributed by atoms with Crippen molar-refractivity contribution in [3.8, 4) is 5.75 Å². The number of halogens is 3. The van der Waals surface area contributed by atoms with Crippen molar-refractivity contribution in [3.63, 3.8) is 0 Å². The molecule has 1 unspecified atom stereocenters. The van der Waals surface area contributed by atoms with Crippen molar-refractivity contribution >= 4 is 11.6 Å². The Morgan fingerprint density at radius 1 is 1.42 bits per heavy atom. The lowest BCUT2D eigenvalue weighted by molar-refractivity contribution is -0.153. The zero-order valence-electron chi connectivity index (χ0n) is 10.3. The van der Waals surface area contributed by atoms with Gasteiger partial charge in [-0.3, -0.25) is 4.79 Å². The second kappa shape index (κ2) is 6.42. The van der Waals surface area contributed by atoms with E-state index in [-0.39, 0.29) is 29.8 Å². The van der Waals surface area contributed by atoms with Crippen LogP contribution in [0.15, 0.2) is 24.3 Å². The van der Waals surface area contributed by atoms with Crippen LogP contribution in [-0.2, 0) is 4.79 Å². The number of carbonyl (C=O) groups excluding carboxylic acids is 1. The van der Waals surface area contributed by atoms with E-state index in [0.29, 0.717) is 0 Å².